The van der Waals surface area contributed by atoms with Gasteiger partial charge in [0.15, 0.2) is 5.11 Å². The molecule has 0 heterocycles. The van der Waals surface area contributed by atoms with Gasteiger partial charge in [0.05, 0.1) is 7.11 Å². The van der Waals surface area contributed by atoms with Gasteiger partial charge >= 0.3 is 0 Å². The zero-order chi connectivity index (χ0) is 12.5. The Bertz CT molecular complexity index is 398. The van der Waals surface area contributed by atoms with E-state index in [1.54, 1.807) is 7.11 Å². The first-order valence-corrected chi connectivity index (χ1v) is 5.37. The summed E-state index contributed by atoms with van der Waals surface area (Å²) in [4.78, 5) is 0. The Morgan fingerprint density at radius 2 is 2.12 bits per heavy atom. The molecule has 5 heteroatoms. The number of hydrogen-bond donors (Lipinski definition) is 2. The number of thiocarbonyl (C=S) groups is 1. The number of terminal acetylenes is 1. The first-order chi connectivity index (χ1) is 8.26. The lowest BCUT2D eigenvalue weighted by molar-refractivity contribution is 0.162. The van der Waals surface area contributed by atoms with E-state index < -0.39 is 0 Å². The number of hydrogen-bond acceptors (Lipinski definition) is 3. The molecular weight excluding hydrogens is 236 g/mol. The summed E-state index contributed by atoms with van der Waals surface area (Å²) in [6, 6.07) is 7.43. The summed E-state index contributed by atoms with van der Waals surface area (Å²) in [7, 11) is 1.62. The second kappa shape index (κ2) is 7.49. The molecule has 17 heavy (non-hydrogen) atoms. The van der Waals surface area contributed by atoms with Crippen molar-refractivity contribution in [3.63, 3.8) is 0 Å². The standard InChI is InChI=1S/C12H14N2O2S/c1-3-8-16-9-13-12(17)14-10-4-6-11(15-2)7-5-10/h1,4-7H,8-9H2,2H3,(H2,13,14,17). The van der Waals surface area contributed by atoms with Crippen molar-refractivity contribution in [2.24, 2.45) is 0 Å². The molecule has 0 aromatic heterocycles. The highest BCUT2D eigenvalue weighted by molar-refractivity contribution is 7.80. The molecule has 0 unspecified atom stereocenters. The topological polar surface area (TPSA) is 42.5 Å². The van der Waals surface area contributed by atoms with Crippen LogP contribution in [0.2, 0.25) is 0 Å². The van der Waals surface area contributed by atoms with E-state index >= 15 is 0 Å². The summed E-state index contributed by atoms with van der Waals surface area (Å²) in [5.41, 5.74) is 0.875. The van der Waals surface area contributed by atoms with Gasteiger partial charge in [0.1, 0.15) is 19.1 Å². The van der Waals surface area contributed by atoms with Crippen LogP contribution in [-0.4, -0.2) is 25.6 Å². The molecule has 1 aromatic carbocycles. The smallest absolute Gasteiger partial charge is 0.172 e. The number of nitrogens with one attached hydrogen (secondary N) is 2. The molecule has 2 N–H and O–H groups in total. The van der Waals surface area contributed by atoms with Gasteiger partial charge in [-0.25, -0.2) is 0 Å². The van der Waals surface area contributed by atoms with Crippen LogP contribution in [0.3, 0.4) is 0 Å². The number of anilines is 1. The highest BCUT2D eigenvalue weighted by Gasteiger charge is 1.97. The van der Waals surface area contributed by atoms with Crippen LogP contribution in [-0.2, 0) is 4.74 Å². The molecule has 4 nitrogen and oxygen atoms in total. The molecule has 0 amide bonds. The molecule has 0 fully saturated rings. The fourth-order valence-electron chi connectivity index (χ4n) is 1.08. The summed E-state index contributed by atoms with van der Waals surface area (Å²) in [5, 5.41) is 6.35. The third-order valence-electron chi connectivity index (χ3n) is 1.87. The fourth-order valence-corrected chi connectivity index (χ4v) is 1.25. The molecule has 0 atom stereocenters. The Labute approximate surface area is 106 Å². The summed E-state index contributed by atoms with van der Waals surface area (Å²) in [6.45, 7) is 0.546. The minimum absolute atomic E-state index is 0.262. The maximum Gasteiger partial charge on any atom is 0.172 e. The fraction of sp³-hybridized carbons (Fsp3) is 0.250. The lowest BCUT2D eigenvalue weighted by Crippen LogP contribution is -2.30. The van der Waals surface area contributed by atoms with Crippen LogP contribution in [0, 0.1) is 12.3 Å². The van der Waals surface area contributed by atoms with E-state index in [-0.39, 0.29) is 13.3 Å². The van der Waals surface area contributed by atoms with E-state index in [9.17, 15) is 0 Å². The molecule has 0 saturated heterocycles. The third kappa shape index (κ3) is 5.20. The highest BCUT2D eigenvalue weighted by Crippen LogP contribution is 2.14. The summed E-state index contributed by atoms with van der Waals surface area (Å²) >= 11 is 5.06. The monoisotopic (exact) mass is 250 g/mol. The molecule has 0 saturated carbocycles. The molecule has 0 bridgehead atoms. The van der Waals surface area contributed by atoms with Crippen molar-refractivity contribution in [2.45, 2.75) is 0 Å². The highest BCUT2D eigenvalue weighted by atomic mass is 32.1. The summed E-state index contributed by atoms with van der Waals surface area (Å²) < 4.78 is 10.1. The van der Waals surface area contributed by atoms with Crippen molar-refractivity contribution >= 4 is 23.0 Å². The molecule has 1 aromatic rings. The van der Waals surface area contributed by atoms with E-state index in [2.05, 4.69) is 16.6 Å². The minimum Gasteiger partial charge on any atom is -0.497 e. The predicted molar refractivity (Wildman–Crippen MR) is 72.0 cm³/mol. The lowest BCUT2D eigenvalue weighted by atomic mass is 10.3. The van der Waals surface area contributed by atoms with Crippen molar-refractivity contribution in [3.05, 3.63) is 24.3 Å². The number of rotatable bonds is 5. The van der Waals surface area contributed by atoms with Gasteiger partial charge in [-0.2, -0.15) is 0 Å². The van der Waals surface area contributed by atoms with Gasteiger partial charge in [-0.05, 0) is 36.5 Å². The van der Waals surface area contributed by atoms with Gasteiger partial charge in [0.25, 0.3) is 0 Å². The van der Waals surface area contributed by atoms with Gasteiger partial charge in [-0.1, -0.05) is 5.92 Å². The number of benzene rings is 1. The average molecular weight is 250 g/mol. The third-order valence-corrected chi connectivity index (χ3v) is 2.11. The minimum atomic E-state index is 0.262. The van der Waals surface area contributed by atoms with Crippen LogP contribution in [0.1, 0.15) is 0 Å². The van der Waals surface area contributed by atoms with Crippen LogP contribution < -0.4 is 15.4 Å². The zero-order valence-electron chi connectivity index (χ0n) is 9.53. The van der Waals surface area contributed by atoms with Crippen molar-refractivity contribution in [1.82, 2.24) is 5.32 Å². The average Bonchev–Trinajstić information content (AvgIpc) is 2.36. The van der Waals surface area contributed by atoms with Crippen molar-refractivity contribution < 1.29 is 9.47 Å². The molecule has 0 aliphatic rings. The molecule has 0 aliphatic heterocycles. The quantitative estimate of drug-likeness (QED) is 0.359. The van der Waals surface area contributed by atoms with Gasteiger partial charge in [-0.3, -0.25) is 0 Å². The molecular formula is C12H14N2O2S. The van der Waals surface area contributed by atoms with Crippen LogP contribution in [0.4, 0.5) is 5.69 Å². The van der Waals surface area contributed by atoms with E-state index in [0.29, 0.717) is 5.11 Å². The maximum atomic E-state index is 5.06. The number of ether oxygens (including phenoxy) is 2. The molecule has 90 valence electrons. The molecule has 0 radical (unpaired) electrons. The van der Waals surface area contributed by atoms with E-state index in [4.69, 9.17) is 28.1 Å². The lowest BCUT2D eigenvalue weighted by Gasteiger charge is -2.10. The van der Waals surface area contributed by atoms with Crippen LogP contribution in [0.5, 0.6) is 5.75 Å². The van der Waals surface area contributed by atoms with Crippen molar-refractivity contribution in [3.8, 4) is 18.1 Å². The Hall–Kier alpha value is -1.77. The van der Waals surface area contributed by atoms with E-state index in [1.165, 1.54) is 0 Å². The van der Waals surface area contributed by atoms with Gasteiger partial charge in [0, 0.05) is 5.69 Å². The van der Waals surface area contributed by atoms with Crippen LogP contribution in [0.25, 0.3) is 0 Å². The SMILES string of the molecule is C#CCOCNC(=S)Nc1ccc(OC)cc1. The van der Waals surface area contributed by atoms with Crippen molar-refractivity contribution in [2.75, 3.05) is 25.8 Å². The Kier molecular flexibility index (Phi) is 5.86. The Morgan fingerprint density at radius 3 is 2.71 bits per heavy atom. The molecule has 1 rings (SSSR count). The van der Waals surface area contributed by atoms with E-state index in [1.807, 2.05) is 24.3 Å². The molecule has 0 spiro atoms. The zero-order valence-corrected chi connectivity index (χ0v) is 10.3. The normalized spacial score (nSPS) is 9.18. The second-order valence-electron chi connectivity index (χ2n) is 3.06. The van der Waals surface area contributed by atoms with E-state index in [0.717, 1.165) is 11.4 Å². The maximum absolute atomic E-state index is 5.06. The molecule has 0 aliphatic carbocycles. The second-order valence-corrected chi connectivity index (χ2v) is 3.46. The van der Waals surface area contributed by atoms with Gasteiger partial charge in [-0.15, -0.1) is 6.42 Å². The summed E-state index contributed by atoms with van der Waals surface area (Å²) in [5.74, 6) is 3.16. The van der Waals surface area contributed by atoms with Gasteiger partial charge in [0.2, 0.25) is 0 Å². The number of methoxy groups -OCH3 is 1. The van der Waals surface area contributed by atoms with Crippen LogP contribution >= 0.6 is 12.2 Å². The van der Waals surface area contributed by atoms with Crippen LogP contribution in [0.15, 0.2) is 24.3 Å². The predicted octanol–water partition coefficient (Wildman–Crippen LogP) is 1.59. The summed E-state index contributed by atoms with van der Waals surface area (Å²) in [6.07, 6.45) is 5.03. The largest absolute Gasteiger partial charge is 0.497 e. The van der Waals surface area contributed by atoms with Gasteiger partial charge < -0.3 is 20.1 Å². The first-order valence-electron chi connectivity index (χ1n) is 4.96. The Balaban J connectivity index is 2.32. The first kappa shape index (κ1) is 13.3. The Morgan fingerprint density at radius 1 is 1.41 bits per heavy atom. The van der Waals surface area contributed by atoms with Crippen molar-refractivity contribution in [1.29, 1.82) is 0 Å².